The molecule has 0 unspecified atom stereocenters. The third-order valence-corrected chi connectivity index (χ3v) is 4.95. The second-order valence-electron chi connectivity index (χ2n) is 6.58. The van der Waals surface area contributed by atoms with E-state index in [2.05, 4.69) is 14.9 Å². The van der Waals surface area contributed by atoms with Crippen LogP contribution in [0.3, 0.4) is 0 Å². The molecule has 0 amide bonds. The van der Waals surface area contributed by atoms with Gasteiger partial charge in [-0.2, -0.15) is 0 Å². The fraction of sp³-hybridized carbons (Fsp3) is 0.381. The Bertz CT molecular complexity index is 964. The summed E-state index contributed by atoms with van der Waals surface area (Å²) in [7, 11) is 0. The predicted octanol–water partition coefficient (Wildman–Crippen LogP) is 4.22. The molecule has 6 heteroatoms. The maximum Gasteiger partial charge on any atom is 0.134 e. The van der Waals surface area contributed by atoms with E-state index in [0.29, 0.717) is 11.3 Å². The number of phenols is 1. The fourth-order valence-electron chi connectivity index (χ4n) is 3.55. The van der Waals surface area contributed by atoms with E-state index in [1.165, 1.54) is 19.2 Å². The normalized spacial score (nSPS) is 13.6. The lowest BCUT2D eigenvalue weighted by molar-refractivity contribution is 0.471. The standard InChI is InChI=1S/C19H21N5O.C2H6/c1-11-5-6-14(25)12(2)16(11)18-17-13(19(20)22-10-21-17)9-15(23-18)24-7-3-4-8-24;1-2/h5-6,9-10,25H,3-4,7-8H2,1-2H3,(H2,20,21,22);1-2H3. The summed E-state index contributed by atoms with van der Waals surface area (Å²) in [4.78, 5) is 15.8. The van der Waals surface area contributed by atoms with Crippen LogP contribution in [0.25, 0.3) is 22.2 Å². The minimum atomic E-state index is 0.254. The lowest BCUT2D eigenvalue weighted by atomic mass is 9.97. The van der Waals surface area contributed by atoms with Crippen LogP contribution in [0.4, 0.5) is 11.6 Å². The first-order valence-electron chi connectivity index (χ1n) is 9.52. The molecule has 3 aromatic rings. The van der Waals surface area contributed by atoms with Crippen molar-refractivity contribution in [2.75, 3.05) is 23.7 Å². The Hall–Kier alpha value is -2.89. The van der Waals surface area contributed by atoms with Crippen molar-refractivity contribution in [3.8, 4) is 17.0 Å². The van der Waals surface area contributed by atoms with Gasteiger partial charge in [0.05, 0.1) is 5.69 Å². The molecule has 0 aliphatic carbocycles. The summed E-state index contributed by atoms with van der Waals surface area (Å²) >= 11 is 0. The van der Waals surface area contributed by atoms with E-state index in [4.69, 9.17) is 10.7 Å². The number of hydrogen-bond acceptors (Lipinski definition) is 6. The van der Waals surface area contributed by atoms with E-state index in [-0.39, 0.29) is 5.75 Å². The Morgan fingerprint density at radius 2 is 1.78 bits per heavy atom. The van der Waals surface area contributed by atoms with E-state index in [0.717, 1.165) is 46.7 Å². The number of aryl methyl sites for hydroxylation is 1. The van der Waals surface area contributed by atoms with Crippen LogP contribution >= 0.6 is 0 Å². The minimum Gasteiger partial charge on any atom is -0.508 e. The van der Waals surface area contributed by atoms with Crippen molar-refractivity contribution in [1.29, 1.82) is 0 Å². The molecule has 27 heavy (non-hydrogen) atoms. The number of rotatable bonds is 2. The number of hydrogen-bond donors (Lipinski definition) is 2. The molecule has 1 aliphatic rings. The monoisotopic (exact) mass is 365 g/mol. The topological polar surface area (TPSA) is 88.2 Å². The maximum atomic E-state index is 10.2. The van der Waals surface area contributed by atoms with Gasteiger partial charge in [-0.1, -0.05) is 19.9 Å². The van der Waals surface area contributed by atoms with E-state index >= 15 is 0 Å². The Labute approximate surface area is 160 Å². The fourth-order valence-corrected chi connectivity index (χ4v) is 3.55. The van der Waals surface area contributed by atoms with Gasteiger partial charge in [-0.3, -0.25) is 0 Å². The zero-order valence-corrected chi connectivity index (χ0v) is 16.5. The van der Waals surface area contributed by atoms with Crippen molar-refractivity contribution in [2.24, 2.45) is 0 Å². The highest BCUT2D eigenvalue weighted by atomic mass is 16.3. The number of nitrogen functional groups attached to an aromatic ring is 1. The van der Waals surface area contributed by atoms with Gasteiger partial charge in [0.25, 0.3) is 0 Å². The highest BCUT2D eigenvalue weighted by Gasteiger charge is 2.21. The zero-order valence-electron chi connectivity index (χ0n) is 16.5. The number of aromatic hydroxyl groups is 1. The van der Waals surface area contributed by atoms with Crippen LogP contribution in [0.5, 0.6) is 5.75 Å². The molecule has 3 heterocycles. The highest BCUT2D eigenvalue weighted by Crippen LogP contribution is 2.37. The van der Waals surface area contributed by atoms with Gasteiger partial charge in [0.1, 0.15) is 29.2 Å². The van der Waals surface area contributed by atoms with E-state index < -0.39 is 0 Å². The Morgan fingerprint density at radius 1 is 1.07 bits per heavy atom. The molecule has 3 N–H and O–H groups in total. The Balaban J connectivity index is 0.00000102. The van der Waals surface area contributed by atoms with Crippen LogP contribution in [0.1, 0.15) is 37.8 Å². The summed E-state index contributed by atoms with van der Waals surface area (Å²) in [5, 5.41) is 11.0. The van der Waals surface area contributed by atoms with Gasteiger partial charge in [0, 0.05) is 29.6 Å². The molecule has 0 radical (unpaired) electrons. The molecule has 0 spiro atoms. The van der Waals surface area contributed by atoms with Gasteiger partial charge in [-0.25, -0.2) is 15.0 Å². The molecular weight excluding hydrogens is 338 g/mol. The van der Waals surface area contributed by atoms with Gasteiger partial charge in [-0.05, 0) is 44.4 Å². The number of anilines is 2. The molecule has 0 atom stereocenters. The van der Waals surface area contributed by atoms with Crippen molar-refractivity contribution in [1.82, 2.24) is 15.0 Å². The van der Waals surface area contributed by atoms with Crippen molar-refractivity contribution in [3.63, 3.8) is 0 Å². The summed E-state index contributed by atoms with van der Waals surface area (Å²) in [6, 6.07) is 5.59. The molecular formula is C21H27N5O. The predicted molar refractivity (Wildman–Crippen MR) is 111 cm³/mol. The number of aromatic nitrogens is 3. The third-order valence-electron chi connectivity index (χ3n) is 4.95. The SMILES string of the molecule is CC.Cc1ccc(O)c(C)c1-c1nc(N2CCCC2)cc2c(N)ncnc12. The summed E-state index contributed by atoms with van der Waals surface area (Å²) in [6.45, 7) is 9.90. The lowest BCUT2D eigenvalue weighted by Crippen LogP contribution is -2.19. The van der Waals surface area contributed by atoms with Gasteiger partial charge in [-0.15, -0.1) is 0 Å². The molecule has 1 fully saturated rings. The lowest BCUT2D eigenvalue weighted by Gasteiger charge is -2.20. The van der Waals surface area contributed by atoms with Crippen molar-refractivity contribution in [2.45, 2.75) is 40.5 Å². The van der Waals surface area contributed by atoms with Crippen LogP contribution < -0.4 is 10.6 Å². The van der Waals surface area contributed by atoms with E-state index in [9.17, 15) is 5.11 Å². The van der Waals surface area contributed by atoms with Crippen molar-refractivity contribution in [3.05, 3.63) is 35.7 Å². The van der Waals surface area contributed by atoms with Crippen LogP contribution in [0.2, 0.25) is 0 Å². The Kier molecular flexibility index (Phi) is 5.44. The smallest absolute Gasteiger partial charge is 0.134 e. The third kappa shape index (κ3) is 3.39. The molecule has 1 aliphatic heterocycles. The number of pyridine rings is 1. The summed E-state index contributed by atoms with van der Waals surface area (Å²) in [5.41, 5.74) is 10.3. The highest BCUT2D eigenvalue weighted by molar-refractivity contribution is 5.99. The maximum absolute atomic E-state index is 10.2. The van der Waals surface area contributed by atoms with Gasteiger partial charge in [0.15, 0.2) is 0 Å². The first-order chi connectivity index (χ1) is 13.1. The number of fused-ring (bicyclic) bond motifs is 1. The van der Waals surface area contributed by atoms with Crippen LogP contribution in [-0.4, -0.2) is 33.1 Å². The zero-order chi connectivity index (χ0) is 19.6. The number of phenolic OH excluding ortho intramolecular Hbond substituents is 1. The van der Waals surface area contributed by atoms with Crippen LogP contribution in [0.15, 0.2) is 24.5 Å². The summed E-state index contributed by atoms with van der Waals surface area (Å²) in [5.74, 6) is 1.59. The Morgan fingerprint density at radius 3 is 2.48 bits per heavy atom. The largest absolute Gasteiger partial charge is 0.508 e. The van der Waals surface area contributed by atoms with E-state index in [1.807, 2.05) is 39.8 Å². The molecule has 2 aromatic heterocycles. The number of benzene rings is 1. The average Bonchev–Trinajstić information content (AvgIpc) is 3.22. The second kappa shape index (κ2) is 7.78. The molecule has 1 aromatic carbocycles. The van der Waals surface area contributed by atoms with E-state index in [1.54, 1.807) is 6.07 Å². The van der Waals surface area contributed by atoms with Gasteiger partial charge < -0.3 is 15.7 Å². The molecule has 4 rings (SSSR count). The first kappa shape index (κ1) is 18.9. The molecule has 0 bridgehead atoms. The molecule has 6 nitrogen and oxygen atoms in total. The molecule has 0 saturated carbocycles. The first-order valence-corrected chi connectivity index (χ1v) is 9.52. The van der Waals surface area contributed by atoms with Crippen molar-refractivity contribution < 1.29 is 5.11 Å². The molecule has 142 valence electrons. The minimum absolute atomic E-state index is 0.254. The summed E-state index contributed by atoms with van der Waals surface area (Å²) < 4.78 is 0. The number of nitrogens with two attached hydrogens (primary N) is 1. The van der Waals surface area contributed by atoms with Gasteiger partial charge >= 0.3 is 0 Å². The van der Waals surface area contributed by atoms with Crippen molar-refractivity contribution >= 4 is 22.5 Å². The van der Waals surface area contributed by atoms with Gasteiger partial charge in [0.2, 0.25) is 0 Å². The quantitative estimate of drug-likeness (QED) is 0.707. The summed E-state index contributed by atoms with van der Waals surface area (Å²) in [6.07, 6.45) is 3.80. The van der Waals surface area contributed by atoms with Crippen LogP contribution in [0, 0.1) is 13.8 Å². The van der Waals surface area contributed by atoms with Crippen LogP contribution in [-0.2, 0) is 0 Å². The second-order valence-corrected chi connectivity index (χ2v) is 6.58. The number of nitrogens with zero attached hydrogens (tertiary/aromatic N) is 4. The molecule has 1 saturated heterocycles. The average molecular weight is 365 g/mol.